The Labute approximate surface area is 164 Å². The molecule has 0 aromatic heterocycles. The number of phenolic OH excluding ortho intramolecular Hbond substituents is 1. The molecule has 0 bridgehead atoms. The lowest BCUT2D eigenvalue weighted by molar-refractivity contribution is 0.474. The minimum Gasteiger partial charge on any atom is -0.507 e. The zero-order valence-corrected chi connectivity index (χ0v) is 16.3. The van der Waals surface area contributed by atoms with Crippen molar-refractivity contribution in [2.75, 3.05) is 19.0 Å². The third-order valence-corrected chi connectivity index (χ3v) is 6.09. The molecule has 0 saturated carbocycles. The first kappa shape index (κ1) is 17.7. The van der Waals surface area contributed by atoms with Gasteiger partial charge >= 0.3 is 0 Å². The van der Waals surface area contributed by atoms with Crippen LogP contribution in [-0.4, -0.2) is 24.9 Å². The minimum absolute atomic E-state index is 0.239. The van der Waals surface area contributed by atoms with E-state index in [0.29, 0.717) is 0 Å². The van der Waals surface area contributed by atoms with Crippen molar-refractivity contribution < 1.29 is 5.11 Å². The van der Waals surface area contributed by atoms with Gasteiger partial charge in [0.05, 0.1) is 11.4 Å². The summed E-state index contributed by atoms with van der Waals surface area (Å²) in [6, 6.07) is 24.4. The zero-order chi connectivity index (χ0) is 18.8. The molecule has 4 rings (SSSR count). The summed E-state index contributed by atoms with van der Waals surface area (Å²) in [4.78, 5) is 8.20. The van der Waals surface area contributed by atoms with Gasteiger partial charge in [-0.1, -0.05) is 36.4 Å². The van der Waals surface area contributed by atoms with Gasteiger partial charge in [0.15, 0.2) is 0 Å². The molecule has 27 heavy (non-hydrogen) atoms. The van der Waals surface area contributed by atoms with Crippen LogP contribution in [0, 0.1) is 0 Å². The number of thioether (sulfide) groups is 1. The quantitative estimate of drug-likeness (QED) is 0.628. The van der Waals surface area contributed by atoms with E-state index >= 15 is 0 Å². The van der Waals surface area contributed by atoms with E-state index in [1.54, 1.807) is 6.07 Å². The Morgan fingerprint density at radius 1 is 0.926 bits per heavy atom. The second-order valence-electron chi connectivity index (χ2n) is 6.84. The Hall–Kier alpha value is -2.72. The maximum atomic E-state index is 10.4. The van der Waals surface area contributed by atoms with E-state index in [0.717, 1.165) is 23.4 Å². The van der Waals surface area contributed by atoms with E-state index in [9.17, 15) is 5.11 Å². The number of benzene rings is 3. The fourth-order valence-electron chi connectivity index (χ4n) is 3.27. The van der Waals surface area contributed by atoms with Crippen LogP contribution >= 0.6 is 11.8 Å². The third kappa shape index (κ3) is 3.71. The van der Waals surface area contributed by atoms with Gasteiger partial charge in [-0.2, -0.15) is 0 Å². The average molecular weight is 375 g/mol. The van der Waals surface area contributed by atoms with Crippen LogP contribution in [0.1, 0.15) is 22.8 Å². The minimum atomic E-state index is 0.239. The summed E-state index contributed by atoms with van der Waals surface area (Å²) < 4.78 is 0. The largest absolute Gasteiger partial charge is 0.507 e. The maximum Gasteiger partial charge on any atom is 0.124 e. The van der Waals surface area contributed by atoms with Gasteiger partial charge in [-0.05, 0) is 42.0 Å². The average Bonchev–Trinajstić information content (AvgIpc) is 2.88. The second kappa shape index (κ2) is 7.49. The number of phenols is 1. The number of aromatic hydroxyl groups is 1. The molecule has 3 aromatic rings. The van der Waals surface area contributed by atoms with Gasteiger partial charge in [-0.3, -0.25) is 4.99 Å². The summed E-state index contributed by atoms with van der Waals surface area (Å²) in [6.07, 6.45) is 0.762. The Morgan fingerprint density at radius 3 is 2.37 bits per heavy atom. The lowest BCUT2D eigenvalue weighted by Gasteiger charge is -2.18. The van der Waals surface area contributed by atoms with E-state index in [4.69, 9.17) is 4.99 Å². The molecule has 0 aliphatic carbocycles. The first-order valence-corrected chi connectivity index (χ1v) is 9.88. The van der Waals surface area contributed by atoms with E-state index in [-0.39, 0.29) is 11.0 Å². The van der Waals surface area contributed by atoms with E-state index in [1.807, 2.05) is 42.1 Å². The van der Waals surface area contributed by atoms with Crippen LogP contribution in [-0.2, 0) is 0 Å². The first-order chi connectivity index (χ1) is 13.1. The van der Waals surface area contributed by atoms with E-state index < -0.39 is 0 Å². The molecule has 0 amide bonds. The summed E-state index contributed by atoms with van der Waals surface area (Å²) in [5.41, 5.74) is 5.16. The highest BCUT2D eigenvalue weighted by Gasteiger charge is 2.23. The molecule has 136 valence electrons. The van der Waals surface area contributed by atoms with Crippen LogP contribution in [0.2, 0.25) is 0 Å². The molecule has 1 N–H and O–H groups in total. The molecule has 1 aliphatic heterocycles. The predicted molar refractivity (Wildman–Crippen MR) is 115 cm³/mol. The fourth-order valence-corrected chi connectivity index (χ4v) is 4.50. The standard InChI is InChI=1S/C23H22N2OS/c1-25(2)17-13-11-16(12-14-17)23-15-20(18-7-3-5-9-21(18)26)24-19-8-4-6-10-22(19)27-23/h3-14,23,26H,15H2,1-2H3. The number of hydrogen-bond donors (Lipinski definition) is 1. The van der Waals surface area contributed by atoms with Gasteiger partial charge in [0.2, 0.25) is 0 Å². The normalized spacial score (nSPS) is 16.2. The highest BCUT2D eigenvalue weighted by molar-refractivity contribution is 7.99. The summed E-state index contributed by atoms with van der Waals surface area (Å²) in [7, 11) is 4.10. The van der Waals surface area contributed by atoms with Crippen LogP contribution in [0.3, 0.4) is 0 Å². The van der Waals surface area contributed by atoms with Crippen molar-refractivity contribution in [2.24, 2.45) is 4.99 Å². The van der Waals surface area contributed by atoms with Gasteiger partial charge in [0, 0.05) is 41.9 Å². The number of nitrogens with zero attached hydrogens (tertiary/aromatic N) is 2. The lowest BCUT2D eigenvalue weighted by Crippen LogP contribution is -2.09. The highest BCUT2D eigenvalue weighted by Crippen LogP contribution is 2.46. The number of anilines is 1. The summed E-state index contributed by atoms with van der Waals surface area (Å²) in [5, 5.41) is 10.6. The van der Waals surface area contributed by atoms with Crippen LogP contribution in [0.15, 0.2) is 82.7 Å². The monoisotopic (exact) mass is 374 g/mol. The van der Waals surface area contributed by atoms with Gasteiger partial charge in [0.1, 0.15) is 5.75 Å². The molecule has 0 fully saturated rings. The summed E-state index contributed by atoms with van der Waals surface area (Å²) >= 11 is 1.84. The lowest BCUT2D eigenvalue weighted by atomic mass is 10.00. The number of fused-ring (bicyclic) bond motifs is 1. The molecular formula is C23H22N2OS. The predicted octanol–water partition coefficient (Wildman–Crippen LogP) is 5.82. The molecule has 1 atom stereocenters. The van der Waals surface area contributed by atoms with Crippen molar-refractivity contribution in [2.45, 2.75) is 16.6 Å². The number of aliphatic imine (C=N–C) groups is 1. The van der Waals surface area contributed by atoms with Crippen molar-refractivity contribution in [1.82, 2.24) is 0 Å². The van der Waals surface area contributed by atoms with Crippen molar-refractivity contribution >= 4 is 28.8 Å². The van der Waals surface area contributed by atoms with Crippen LogP contribution in [0.5, 0.6) is 5.75 Å². The SMILES string of the molecule is CN(C)c1ccc(C2CC(c3ccccc3O)=Nc3ccccc3S2)cc1. The molecule has 0 spiro atoms. The Kier molecular flexibility index (Phi) is 4.90. The van der Waals surface area contributed by atoms with Crippen molar-refractivity contribution in [3.05, 3.63) is 83.9 Å². The van der Waals surface area contributed by atoms with Crippen molar-refractivity contribution in [3.63, 3.8) is 0 Å². The Balaban J connectivity index is 1.77. The number of para-hydroxylation sites is 2. The van der Waals surface area contributed by atoms with E-state index in [1.165, 1.54) is 16.1 Å². The molecule has 0 saturated heterocycles. The Bertz CT molecular complexity index is 980. The zero-order valence-electron chi connectivity index (χ0n) is 15.5. The first-order valence-electron chi connectivity index (χ1n) is 9.01. The molecule has 1 aliphatic rings. The van der Waals surface area contributed by atoms with E-state index in [2.05, 4.69) is 55.4 Å². The summed E-state index contributed by atoms with van der Waals surface area (Å²) in [6.45, 7) is 0. The van der Waals surface area contributed by atoms with Crippen LogP contribution < -0.4 is 4.90 Å². The second-order valence-corrected chi connectivity index (χ2v) is 8.08. The number of rotatable bonds is 3. The van der Waals surface area contributed by atoms with Crippen LogP contribution in [0.4, 0.5) is 11.4 Å². The molecule has 3 nitrogen and oxygen atoms in total. The Morgan fingerprint density at radius 2 is 1.63 bits per heavy atom. The molecule has 4 heteroatoms. The number of hydrogen-bond acceptors (Lipinski definition) is 4. The molecule has 1 heterocycles. The molecule has 1 unspecified atom stereocenters. The highest BCUT2D eigenvalue weighted by atomic mass is 32.2. The smallest absolute Gasteiger partial charge is 0.124 e. The van der Waals surface area contributed by atoms with Gasteiger partial charge in [0.25, 0.3) is 0 Å². The molecule has 3 aromatic carbocycles. The van der Waals surface area contributed by atoms with Crippen molar-refractivity contribution in [3.8, 4) is 5.75 Å². The molecular weight excluding hydrogens is 352 g/mol. The van der Waals surface area contributed by atoms with Gasteiger partial charge < -0.3 is 10.0 Å². The van der Waals surface area contributed by atoms with Crippen molar-refractivity contribution in [1.29, 1.82) is 0 Å². The van der Waals surface area contributed by atoms with Gasteiger partial charge in [-0.25, -0.2) is 0 Å². The topological polar surface area (TPSA) is 35.8 Å². The summed E-state index contributed by atoms with van der Waals surface area (Å²) in [5.74, 6) is 0.280. The van der Waals surface area contributed by atoms with Crippen LogP contribution in [0.25, 0.3) is 0 Å². The maximum absolute atomic E-state index is 10.4. The fraction of sp³-hybridized carbons (Fsp3) is 0.174. The third-order valence-electron chi connectivity index (χ3n) is 4.76. The van der Waals surface area contributed by atoms with Gasteiger partial charge in [-0.15, -0.1) is 11.8 Å². The molecule has 0 radical (unpaired) electrons.